The van der Waals surface area contributed by atoms with E-state index in [1.54, 1.807) is 11.0 Å². The van der Waals surface area contributed by atoms with Crippen molar-refractivity contribution in [1.82, 2.24) is 19.5 Å². The highest BCUT2D eigenvalue weighted by molar-refractivity contribution is 6.00. The van der Waals surface area contributed by atoms with Crippen molar-refractivity contribution in [2.24, 2.45) is 0 Å². The van der Waals surface area contributed by atoms with Crippen LogP contribution in [0.3, 0.4) is 0 Å². The van der Waals surface area contributed by atoms with Crippen molar-refractivity contribution < 1.29 is 27.1 Å². The number of hydrogen-bond acceptors (Lipinski definition) is 5. The molecule has 0 aromatic carbocycles. The van der Waals surface area contributed by atoms with Crippen LogP contribution in [0.5, 0.6) is 0 Å². The fourth-order valence-corrected chi connectivity index (χ4v) is 3.38. The van der Waals surface area contributed by atoms with Crippen LogP contribution in [-0.2, 0) is 10.9 Å². The molecule has 0 radical (unpaired) electrons. The van der Waals surface area contributed by atoms with Crippen LogP contribution >= 0.6 is 0 Å². The lowest BCUT2D eigenvalue weighted by atomic mass is 10.2. The number of halogens is 3. The molecule has 148 valence electrons. The van der Waals surface area contributed by atoms with Crippen LogP contribution in [0.25, 0.3) is 17.1 Å². The summed E-state index contributed by atoms with van der Waals surface area (Å²) in [5.41, 5.74) is -1.23. The average Bonchev–Trinajstić information content (AvgIpc) is 3.28. The van der Waals surface area contributed by atoms with Gasteiger partial charge in [0.2, 0.25) is 0 Å². The van der Waals surface area contributed by atoms with Crippen molar-refractivity contribution in [1.29, 1.82) is 0 Å². The van der Waals surface area contributed by atoms with E-state index in [0.717, 1.165) is 12.3 Å². The molecule has 0 spiro atoms. The van der Waals surface area contributed by atoms with E-state index < -0.39 is 17.8 Å². The van der Waals surface area contributed by atoms with Gasteiger partial charge in [-0.2, -0.15) is 18.3 Å². The Morgan fingerprint density at radius 1 is 1.25 bits per heavy atom. The van der Waals surface area contributed by atoms with Gasteiger partial charge in [0.15, 0.2) is 17.1 Å². The second kappa shape index (κ2) is 6.62. The van der Waals surface area contributed by atoms with Crippen molar-refractivity contribution >= 4 is 11.6 Å². The van der Waals surface area contributed by atoms with Gasteiger partial charge in [0, 0.05) is 13.1 Å². The monoisotopic (exact) mass is 394 g/mol. The van der Waals surface area contributed by atoms with E-state index in [9.17, 15) is 18.0 Å². The molecule has 7 nitrogen and oxygen atoms in total. The van der Waals surface area contributed by atoms with E-state index in [4.69, 9.17) is 9.15 Å². The molecule has 0 aliphatic carbocycles. The van der Waals surface area contributed by atoms with E-state index >= 15 is 0 Å². The number of ether oxygens (including phenoxy) is 1. The number of morpholine rings is 1. The molecule has 10 heteroatoms. The molecule has 1 amide bonds. The first kappa shape index (κ1) is 18.5. The number of rotatable bonds is 2. The van der Waals surface area contributed by atoms with E-state index in [1.807, 2.05) is 13.8 Å². The Bertz CT molecular complexity index is 1000. The van der Waals surface area contributed by atoms with Gasteiger partial charge in [-0.3, -0.25) is 4.79 Å². The number of fused-ring (bicyclic) bond motifs is 1. The summed E-state index contributed by atoms with van der Waals surface area (Å²) >= 11 is 0. The minimum absolute atomic E-state index is 0.000191. The molecule has 0 bridgehead atoms. The number of carbonyl (C=O) groups excluding carboxylic acids is 1. The highest BCUT2D eigenvalue weighted by Gasteiger charge is 2.37. The second-order valence-corrected chi connectivity index (χ2v) is 6.76. The lowest BCUT2D eigenvalue weighted by Crippen LogP contribution is -2.48. The zero-order valence-electron chi connectivity index (χ0n) is 15.1. The fraction of sp³-hybridized carbons (Fsp3) is 0.389. The number of aromatic nitrogens is 3. The maximum absolute atomic E-state index is 13.6. The Balaban J connectivity index is 1.84. The van der Waals surface area contributed by atoms with Gasteiger partial charge >= 0.3 is 6.18 Å². The quantitative estimate of drug-likeness (QED) is 0.667. The average molecular weight is 394 g/mol. The van der Waals surface area contributed by atoms with Gasteiger partial charge in [-0.15, -0.1) is 0 Å². The molecule has 2 atom stereocenters. The van der Waals surface area contributed by atoms with Crippen LogP contribution in [0.1, 0.15) is 29.9 Å². The Kier molecular flexibility index (Phi) is 4.37. The largest absolute Gasteiger partial charge is 0.463 e. The fourth-order valence-electron chi connectivity index (χ4n) is 3.38. The van der Waals surface area contributed by atoms with Crippen LogP contribution in [0.15, 0.2) is 35.1 Å². The summed E-state index contributed by atoms with van der Waals surface area (Å²) in [6.45, 7) is 4.34. The third kappa shape index (κ3) is 3.24. The molecule has 1 saturated heterocycles. The van der Waals surface area contributed by atoms with Crippen molar-refractivity contribution in [3.05, 3.63) is 41.9 Å². The number of carbonyl (C=O) groups is 1. The van der Waals surface area contributed by atoms with E-state index in [-0.39, 0.29) is 34.9 Å². The first-order valence-electron chi connectivity index (χ1n) is 8.68. The van der Waals surface area contributed by atoms with E-state index in [2.05, 4.69) is 10.1 Å². The SMILES string of the molecule is C[C@@H]1CN(C(=O)c2cnn3c(C(F)(F)F)cc(-c4ccco4)nc23)C[C@H](C)O1. The zero-order chi connectivity index (χ0) is 20.1. The molecule has 0 N–H and O–H groups in total. The van der Waals surface area contributed by atoms with Crippen LogP contribution in [0.4, 0.5) is 13.2 Å². The predicted octanol–water partition coefficient (Wildman–Crippen LogP) is 3.26. The topological polar surface area (TPSA) is 72.9 Å². The van der Waals surface area contributed by atoms with Crippen molar-refractivity contribution in [3.63, 3.8) is 0 Å². The molecule has 1 fully saturated rings. The molecule has 0 unspecified atom stereocenters. The van der Waals surface area contributed by atoms with E-state index in [0.29, 0.717) is 17.6 Å². The minimum atomic E-state index is -4.68. The third-order valence-corrected chi connectivity index (χ3v) is 4.47. The Labute approximate surface area is 157 Å². The highest BCUT2D eigenvalue weighted by atomic mass is 19.4. The molecular formula is C18H17F3N4O3. The van der Waals surface area contributed by atoms with Crippen molar-refractivity contribution in [2.75, 3.05) is 13.1 Å². The van der Waals surface area contributed by atoms with Gasteiger partial charge in [0.25, 0.3) is 5.91 Å². The number of nitrogens with zero attached hydrogens (tertiary/aromatic N) is 4. The van der Waals surface area contributed by atoms with Gasteiger partial charge in [-0.1, -0.05) is 0 Å². The summed E-state index contributed by atoms with van der Waals surface area (Å²) in [5, 5.41) is 3.79. The van der Waals surface area contributed by atoms with Crippen molar-refractivity contribution in [2.45, 2.75) is 32.2 Å². The maximum Gasteiger partial charge on any atom is 0.433 e. The molecular weight excluding hydrogens is 377 g/mol. The summed E-state index contributed by atoms with van der Waals surface area (Å²) < 4.78 is 52.2. The Morgan fingerprint density at radius 3 is 2.57 bits per heavy atom. The number of amides is 1. The van der Waals surface area contributed by atoms with Gasteiger partial charge in [-0.05, 0) is 32.0 Å². The van der Waals surface area contributed by atoms with Crippen LogP contribution in [-0.4, -0.2) is 50.7 Å². The van der Waals surface area contributed by atoms with Gasteiger partial charge < -0.3 is 14.1 Å². The summed E-state index contributed by atoms with van der Waals surface area (Å²) in [4.78, 5) is 18.8. The number of hydrogen-bond donors (Lipinski definition) is 0. The standard InChI is InChI=1S/C18H17F3N4O3/c1-10-8-24(9-11(2)28-10)17(26)12-7-22-25-15(18(19,20)21)6-13(23-16(12)25)14-4-3-5-27-14/h3-7,10-11H,8-9H2,1-2H3/t10-,11+. The Morgan fingerprint density at radius 2 is 1.96 bits per heavy atom. The summed E-state index contributed by atoms with van der Waals surface area (Å²) in [6, 6.07) is 3.90. The first-order valence-corrected chi connectivity index (χ1v) is 8.68. The Hall–Kier alpha value is -2.88. The molecule has 1 aliphatic rings. The van der Waals surface area contributed by atoms with Crippen LogP contribution < -0.4 is 0 Å². The maximum atomic E-state index is 13.6. The normalized spacial score (nSPS) is 20.7. The number of alkyl halides is 3. The van der Waals surface area contributed by atoms with Crippen LogP contribution in [0.2, 0.25) is 0 Å². The summed E-state index contributed by atoms with van der Waals surface area (Å²) in [7, 11) is 0. The van der Waals surface area contributed by atoms with Crippen molar-refractivity contribution in [3.8, 4) is 11.5 Å². The molecule has 3 aromatic rings. The summed E-state index contributed by atoms with van der Waals surface area (Å²) in [5.74, 6) is -0.268. The third-order valence-electron chi connectivity index (χ3n) is 4.47. The highest BCUT2D eigenvalue weighted by Crippen LogP contribution is 2.33. The second-order valence-electron chi connectivity index (χ2n) is 6.76. The molecule has 4 rings (SSSR count). The summed E-state index contributed by atoms with van der Waals surface area (Å²) in [6.07, 6.45) is -2.57. The molecule has 1 aliphatic heterocycles. The molecule has 28 heavy (non-hydrogen) atoms. The minimum Gasteiger partial charge on any atom is -0.463 e. The molecule has 4 heterocycles. The van der Waals surface area contributed by atoms with Gasteiger partial charge in [0.1, 0.15) is 11.3 Å². The van der Waals surface area contributed by atoms with Gasteiger partial charge in [0.05, 0.1) is 24.7 Å². The molecule has 0 saturated carbocycles. The zero-order valence-corrected chi connectivity index (χ0v) is 15.1. The van der Waals surface area contributed by atoms with Gasteiger partial charge in [-0.25, -0.2) is 9.50 Å². The predicted molar refractivity (Wildman–Crippen MR) is 91.6 cm³/mol. The van der Waals surface area contributed by atoms with E-state index in [1.165, 1.54) is 12.3 Å². The lowest BCUT2D eigenvalue weighted by molar-refractivity contribution is -0.142. The first-order chi connectivity index (χ1) is 13.2. The van der Waals surface area contributed by atoms with Crippen LogP contribution in [0, 0.1) is 0 Å². The lowest BCUT2D eigenvalue weighted by Gasteiger charge is -2.35. The number of furan rings is 1. The molecule has 3 aromatic heterocycles. The smallest absolute Gasteiger partial charge is 0.433 e.